The molecule has 0 bridgehead atoms. The number of fused-ring (bicyclic) bond motifs is 6. The van der Waals surface area contributed by atoms with Crippen molar-refractivity contribution in [3.05, 3.63) is 93.7 Å². The largest absolute Gasteiger partial charge is 0.140 e. The zero-order chi connectivity index (χ0) is 29.7. The summed E-state index contributed by atoms with van der Waals surface area (Å²) in [6.45, 7) is 2.29. The van der Waals surface area contributed by atoms with E-state index in [4.69, 9.17) is 0 Å². The van der Waals surface area contributed by atoms with Crippen molar-refractivity contribution in [3.8, 4) is 0 Å². The molecule has 0 spiro atoms. The molecular formula is C42H48S2. The lowest BCUT2D eigenvalue weighted by molar-refractivity contribution is 0.340. The van der Waals surface area contributed by atoms with E-state index < -0.39 is 0 Å². The third-order valence-corrected chi connectivity index (χ3v) is 12.7. The van der Waals surface area contributed by atoms with Crippen LogP contribution in [0.25, 0.3) is 41.7 Å². The van der Waals surface area contributed by atoms with Gasteiger partial charge in [0.05, 0.1) is 0 Å². The molecule has 0 amide bonds. The molecule has 0 unspecified atom stereocenters. The SMILES string of the molecule is CCCCCCCCc1ccc(CCc2cc3ccc4cc5c(ccc6cc(CCC7CCCCC7)sc65)cc4c3s2)cc1. The maximum absolute atomic E-state index is 2.48. The van der Waals surface area contributed by atoms with Crippen LogP contribution in [0.3, 0.4) is 0 Å². The van der Waals surface area contributed by atoms with Crippen molar-refractivity contribution >= 4 is 64.4 Å². The van der Waals surface area contributed by atoms with Gasteiger partial charge in [0.1, 0.15) is 0 Å². The van der Waals surface area contributed by atoms with Gasteiger partial charge >= 0.3 is 0 Å². The van der Waals surface area contributed by atoms with Crippen molar-refractivity contribution in [2.24, 2.45) is 5.92 Å². The van der Waals surface area contributed by atoms with Crippen molar-refractivity contribution < 1.29 is 0 Å². The second-order valence-electron chi connectivity index (χ2n) is 13.6. The maximum Gasteiger partial charge on any atom is 0.0424 e. The summed E-state index contributed by atoms with van der Waals surface area (Å²) < 4.78 is 2.93. The van der Waals surface area contributed by atoms with Crippen LogP contribution in [-0.4, -0.2) is 0 Å². The Balaban J connectivity index is 1.04. The first-order chi connectivity index (χ1) is 21.7. The van der Waals surface area contributed by atoms with E-state index in [1.165, 1.54) is 148 Å². The Bertz CT molecular complexity index is 1830. The van der Waals surface area contributed by atoms with Crippen LogP contribution < -0.4 is 0 Å². The van der Waals surface area contributed by atoms with Crippen LogP contribution in [0, 0.1) is 5.92 Å². The van der Waals surface area contributed by atoms with Crippen molar-refractivity contribution in [1.82, 2.24) is 0 Å². The molecule has 2 heterocycles. The third-order valence-electron chi connectivity index (χ3n) is 10.2. The molecule has 4 aromatic carbocycles. The fraction of sp³-hybridized carbons (Fsp3) is 0.429. The Morgan fingerprint density at radius 1 is 0.523 bits per heavy atom. The lowest BCUT2D eigenvalue weighted by Gasteiger charge is -2.20. The molecular weight excluding hydrogens is 569 g/mol. The number of hydrogen-bond donors (Lipinski definition) is 0. The topological polar surface area (TPSA) is 0 Å². The molecule has 1 aliphatic rings. The van der Waals surface area contributed by atoms with E-state index in [0.717, 1.165) is 18.8 Å². The Kier molecular flexibility index (Phi) is 9.66. The van der Waals surface area contributed by atoms with Gasteiger partial charge in [-0.1, -0.05) is 120 Å². The summed E-state index contributed by atoms with van der Waals surface area (Å²) in [5, 5.41) is 8.43. The highest BCUT2D eigenvalue weighted by molar-refractivity contribution is 7.20. The van der Waals surface area contributed by atoms with Gasteiger partial charge in [0.15, 0.2) is 0 Å². The fourth-order valence-corrected chi connectivity index (χ4v) is 9.95. The zero-order valence-corrected chi connectivity index (χ0v) is 28.3. The first-order valence-corrected chi connectivity index (χ1v) is 19.2. The Hall–Kier alpha value is -2.68. The average Bonchev–Trinajstić information content (AvgIpc) is 3.69. The summed E-state index contributed by atoms with van der Waals surface area (Å²) in [5.41, 5.74) is 2.96. The first-order valence-electron chi connectivity index (χ1n) is 17.6. The van der Waals surface area contributed by atoms with Crippen LogP contribution in [0.15, 0.2) is 72.8 Å². The van der Waals surface area contributed by atoms with Gasteiger partial charge in [0, 0.05) is 29.9 Å². The highest BCUT2D eigenvalue weighted by Gasteiger charge is 2.15. The lowest BCUT2D eigenvalue weighted by Crippen LogP contribution is -2.06. The number of hydrogen-bond acceptors (Lipinski definition) is 2. The third kappa shape index (κ3) is 6.92. The van der Waals surface area contributed by atoms with Gasteiger partial charge in [0.2, 0.25) is 0 Å². The van der Waals surface area contributed by atoms with Crippen LogP contribution >= 0.6 is 22.7 Å². The number of rotatable bonds is 13. The second kappa shape index (κ2) is 14.2. The Labute approximate surface area is 272 Å². The molecule has 0 atom stereocenters. The fourth-order valence-electron chi connectivity index (χ4n) is 7.57. The molecule has 2 heteroatoms. The monoisotopic (exact) mass is 616 g/mol. The van der Waals surface area contributed by atoms with Gasteiger partial charge in [-0.2, -0.15) is 0 Å². The van der Waals surface area contributed by atoms with Gasteiger partial charge in [0.25, 0.3) is 0 Å². The van der Waals surface area contributed by atoms with Crippen LogP contribution in [0.4, 0.5) is 0 Å². The molecule has 44 heavy (non-hydrogen) atoms. The summed E-state index contributed by atoms with van der Waals surface area (Å²) in [6, 6.07) is 28.8. The van der Waals surface area contributed by atoms with Gasteiger partial charge < -0.3 is 0 Å². The van der Waals surface area contributed by atoms with Crippen molar-refractivity contribution in [2.75, 3.05) is 0 Å². The van der Waals surface area contributed by atoms with Crippen molar-refractivity contribution in [2.45, 2.75) is 110 Å². The van der Waals surface area contributed by atoms with Crippen molar-refractivity contribution in [1.29, 1.82) is 0 Å². The molecule has 228 valence electrons. The predicted octanol–water partition coefficient (Wildman–Crippen LogP) is 13.6. The van der Waals surface area contributed by atoms with Gasteiger partial charge in [-0.05, 0) is 101 Å². The summed E-state index contributed by atoms with van der Waals surface area (Å²) in [5.74, 6) is 0.952. The summed E-state index contributed by atoms with van der Waals surface area (Å²) in [6.07, 6.45) is 21.5. The number of aryl methyl sites for hydroxylation is 4. The molecule has 1 saturated carbocycles. The predicted molar refractivity (Wildman–Crippen MR) is 198 cm³/mol. The highest BCUT2D eigenvalue weighted by atomic mass is 32.1. The van der Waals surface area contributed by atoms with E-state index in [1.54, 1.807) is 4.88 Å². The summed E-state index contributed by atoms with van der Waals surface area (Å²) in [7, 11) is 0. The minimum Gasteiger partial charge on any atom is -0.140 e. The molecule has 6 aromatic rings. The molecule has 0 saturated heterocycles. The van der Waals surface area contributed by atoms with Gasteiger partial charge in [-0.3, -0.25) is 0 Å². The molecule has 0 nitrogen and oxygen atoms in total. The Morgan fingerprint density at radius 3 is 1.70 bits per heavy atom. The second-order valence-corrected chi connectivity index (χ2v) is 15.8. The van der Waals surface area contributed by atoms with E-state index in [9.17, 15) is 0 Å². The normalized spacial score (nSPS) is 14.5. The minimum absolute atomic E-state index is 0.952. The highest BCUT2D eigenvalue weighted by Crippen LogP contribution is 2.40. The van der Waals surface area contributed by atoms with E-state index in [0.29, 0.717) is 0 Å². The minimum atomic E-state index is 0.952. The number of unbranched alkanes of at least 4 members (excludes halogenated alkanes) is 5. The van der Waals surface area contributed by atoms with E-state index in [2.05, 4.69) is 79.7 Å². The smallest absolute Gasteiger partial charge is 0.0424 e. The van der Waals surface area contributed by atoms with Gasteiger partial charge in [-0.25, -0.2) is 0 Å². The van der Waals surface area contributed by atoms with Crippen LogP contribution in [0.1, 0.15) is 105 Å². The number of thiophene rings is 2. The molecule has 1 aliphatic carbocycles. The van der Waals surface area contributed by atoms with E-state index in [1.807, 2.05) is 22.7 Å². The maximum atomic E-state index is 2.48. The van der Waals surface area contributed by atoms with Crippen LogP contribution in [0.2, 0.25) is 0 Å². The quantitative estimate of drug-likeness (QED) is 0.0894. The van der Waals surface area contributed by atoms with E-state index >= 15 is 0 Å². The average molecular weight is 617 g/mol. The Morgan fingerprint density at radius 2 is 1.07 bits per heavy atom. The lowest BCUT2D eigenvalue weighted by atomic mass is 9.86. The van der Waals surface area contributed by atoms with Gasteiger partial charge in [-0.15, -0.1) is 22.7 Å². The van der Waals surface area contributed by atoms with Crippen molar-refractivity contribution in [3.63, 3.8) is 0 Å². The summed E-state index contributed by atoms with van der Waals surface area (Å²) >= 11 is 4.05. The molecule has 7 rings (SSSR count). The first kappa shape index (κ1) is 30.0. The van der Waals surface area contributed by atoms with Crippen LogP contribution in [-0.2, 0) is 25.7 Å². The zero-order valence-electron chi connectivity index (χ0n) is 26.6. The van der Waals surface area contributed by atoms with E-state index in [-0.39, 0.29) is 0 Å². The standard InChI is InChI=1S/C42H48S2/c1-2-3-4-5-6-8-13-31-14-16-32(17-15-31)19-25-38-27-36-23-21-34-28-39-33(29-40(34)42(36)44-38)20-22-35-26-37(43-41(35)39)24-18-30-11-9-7-10-12-30/h14-17,20-23,26-30H,2-13,18-19,24-25H2,1H3. The molecule has 1 fully saturated rings. The van der Waals surface area contributed by atoms with Crippen LogP contribution in [0.5, 0.6) is 0 Å². The summed E-state index contributed by atoms with van der Waals surface area (Å²) in [4.78, 5) is 3.07. The molecule has 0 aliphatic heterocycles. The molecule has 0 N–H and O–H groups in total. The number of benzene rings is 4. The molecule has 0 radical (unpaired) electrons. The molecule has 2 aromatic heterocycles.